The zero-order valence-corrected chi connectivity index (χ0v) is 46.7. The van der Waals surface area contributed by atoms with Crippen molar-refractivity contribution >= 4 is 11.8 Å². The molecule has 21 heteroatoms. The molecule has 4 aliphatic rings. The molecule has 0 radical (unpaired) electrons. The van der Waals surface area contributed by atoms with E-state index in [1.807, 2.05) is 13.8 Å². The molecule has 0 aliphatic carbocycles. The number of ketones is 1. The number of rotatable bonds is 37. The molecule has 4 fully saturated rings. The van der Waals surface area contributed by atoms with Crippen LogP contribution in [0.2, 0.25) is 0 Å². The molecular formula is C55H100O21. The Hall–Kier alpha value is -1.58. The van der Waals surface area contributed by atoms with Crippen molar-refractivity contribution in [2.75, 3.05) is 26.4 Å². The smallest absolute Gasteiger partial charge is 0.306 e. The van der Waals surface area contributed by atoms with Gasteiger partial charge in [0.1, 0.15) is 79.0 Å². The summed E-state index contributed by atoms with van der Waals surface area (Å²) < 4.78 is 70.1. The molecule has 0 aromatic carbocycles. The zero-order valence-electron chi connectivity index (χ0n) is 46.7. The Bertz CT molecular complexity index is 1560. The normalized spacial score (nSPS) is 36.5. The number of esters is 1. The molecule has 0 aromatic rings. The van der Waals surface area contributed by atoms with E-state index in [1.165, 1.54) is 13.3 Å². The number of carbonyl (C=O) groups excluding carboxylic acids is 2. The number of carbonyl (C=O) groups is 2. The van der Waals surface area contributed by atoms with Gasteiger partial charge >= 0.3 is 5.97 Å². The summed E-state index contributed by atoms with van der Waals surface area (Å²) in [5.41, 5.74) is 0. The second-order valence-corrected chi connectivity index (χ2v) is 21.4. The Morgan fingerprint density at radius 1 is 0.461 bits per heavy atom. The van der Waals surface area contributed by atoms with Crippen molar-refractivity contribution in [3.05, 3.63) is 0 Å². The maximum Gasteiger partial charge on any atom is 0.306 e. The van der Waals surface area contributed by atoms with Crippen LogP contribution in [-0.2, 0) is 61.7 Å². The summed E-state index contributed by atoms with van der Waals surface area (Å²) in [6.07, 6.45) is -12.6. The molecule has 76 heavy (non-hydrogen) atoms. The quantitative estimate of drug-likeness (QED) is 0.0320. The molecule has 8 N–H and O–H groups in total. The highest BCUT2D eigenvalue weighted by Gasteiger charge is 2.57. The monoisotopic (exact) mass is 1100 g/mol. The predicted octanol–water partition coefficient (Wildman–Crippen LogP) is 4.16. The van der Waals surface area contributed by atoms with Crippen LogP contribution in [0.15, 0.2) is 0 Å². The van der Waals surface area contributed by atoms with Crippen LogP contribution in [0.1, 0.15) is 183 Å². The van der Waals surface area contributed by atoms with Crippen LogP contribution in [-0.4, -0.2) is 208 Å². The molecule has 4 saturated heterocycles. The second kappa shape index (κ2) is 36.0. The van der Waals surface area contributed by atoms with E-state index in [0.717, 1.165) is 77.0 Å². The first kappa shape index (κ1) is 66.9. The Balaban J connectivity index is 1.79. The number of hydrogen-bond acceptors (Lipinski definition) is 21. The molecule has 0 aromatic heterocycles. The molecule has 0 saturated carbocycles. The van der Waals surface area contributed by atoms with Gasteiger partial charge < -0.3 is 97.8 Å². The molecular weight excluding hydrogens is 997 g/mol. The van der Waals surface area contributed by atoms with E-state index in [4.69, 9.17) is 52.1 Å². The van der Waals surface area contributed by atoms with Gasteiger partial charge in [0, 0.05) is 26.1 Å². The van der Waals surface area contributed by atoms with Gasteiger partial charge in [-0.25, -0.2) is 0 Å². The minimum Gasteiger partial charge on any atom is -0.456 e. The largest absolute Gasteiger partial charge is 0.456 e. The highest BCUT2D eigenvalue weighted by atomic mass is 16.8. The van der Waals surface area contributed by atoms with Gasteiger partial charge in [0.05, 0.1) is 31.5 Å². The number of aliphatic hydroxyl groups excluding tert-OH is 8. The van der Waals surface area contributed by atoms with Crippen molar-refractivity contribution in [2.24, 2.45) is 0 Å². The standard InChI is InChI=1S/C55H100O21/c1-8-12-15-16-17-20-23-27-36(28-24-21-18-19-22-26-33(5)57)71-54-49(44(63)42(61)37(31-56)72-54)75-55-51(76-53-46(65)48(67-30-14-10-3)41(60)35(7)70-53)50(74-39(58)25-11-4)47(66-29-13-9-2)38(73-55)32-68-52-45(64)43(62)40(59)34(6)69-52/h34-38,40-56,59-65H,8-32H2,1-7H3/t34-,35+,36?,37-,38-,40+,41+,42-,43+,44+,45+,46+,47-,48-,49-,50+,51-,52-,53+,54-,55+/m1/s1. The summed E-state index contributed by atoms with van der Waals surface area (Å²) in [6, 6.07) is 0. The van der Waals surface area contributed by atoms with Gasteiger partial charge in [0.25, 0.3) is 0 Å². The van der Waals surface area contributed by atoms with Gasteiger partial charge in [-0.3, -0.25) is 4.79 Å². The van der Waals surface area contributed by atoms with Crippen molar-refractivity contribution in [2.45, 2.75) is 312 Å². The molecule has 446 valence electrons. The van der Waals surface area contributed by atoms with Crippen molar-refractivity contribution < 1.29 is 103 Å². The number of hydrogen-bond donors (Lipinski definition) is 8. The van der Waals surface area contributed by atoms with E-state index in [-0.39, 0.29) is 25.4 Å². The highest BCUT2D eigenvalue weighted by molar-refractivity contribution is 5.75. The lowest BCUT2D eigenvalue weighted by atomic mass is 9.95. The number of unbranched alkanes of at least 4 members (excludes halogenated alkanes) is 12. The Morgan fingerprint density at radius 3 is 1.62 bits per heavy atom. The zero-order chi connectivity index (χ0) is 55.7. The minimum atomic E-state index is -1.78. The van der Waals surface area contributed by atoms with Crippen molar-refractivity contribution in [1.82, 2.24) is 0 Å². The van der Waals surface area contributed by atoms with Gasteiger partial charge in [-0.05, 0) is 59.3 Å². The first-order valence-corrected chi connectivity index (χ1v) is 29.0. The molecule has 4 rings (SSSR count). The molecule has 1 unspecified atom stereocenters. The Labute approximate surface area is 451 Å². The number of Topliss-reactive ketones (excluding diaryl/α,β-unsaturated/α-hetero) is 1. The molecule has 0 bridgehead atoms. The number of aliphatic hydroxyl groups is 8. The summed E-state index contributed by atoms with van der Waals surface area (Å²) in [7, 11) is 0. The van der Waals surface area contributed by atoms with Crippen LogP contribution in [0.25, 0.3) is 0 Å². The lowest BCUT2D eigenvalue weighted by Crippen LogP contribution is -2.68. The van der Waals surface area contributed by atoms with Crippen LogP contribution in [0.5, 0.6) is 0 Å². The first-order chi connectivity index (χ1) is 36.5. The van der Waals surface area contributed by atoms with Crippen LogP contribution in [0.3, 0.4) is 0 Å². The van der Waals surface area contributed by atoms with E-state index in [9.17, 15) is 50.4 Å². The van der Waals surface area contributed by atoms with Crippen LogP contribution >= 0.6 is 0 Å². The van der Waals surface area contributed by atoms with Gasteiger partial charge in [-0.15, -0.1) is 0 Å². The van der Waals surface area contributed by atoms with E-state index >= 15 is 0 Å². The summed E-state index contributed by atoms with van der Waals surface area (Å²) in [5, 5.41) is 89.2. The third-order valence-electron chi connectivity index (χ3n) is 14.9. The van der Waals surface area contributed by atoms with Crippen LogP contribution in [0.4, 0.5) is 0 Å². The van der Waals surface area contributed by atoms with E-state index in [0.29, 0.717) is 44.9 Å². The van der Waals surface area contributed by atoms with E-state index in [2.05, 4.69) is 6.92 Å². The van der Waals surface area contributed by atoms with Crippen molar-refractivity contribution in [1.29, 1.82) is 0 Å². The second-order valence-electron chi connectivity index (χ2n) is 21.4. The topological polar surface area (TPSA) is 298 Å². The van der Waals surface area contributed by atoms with Gasteiger partial charge in [-0.2, -0.15) is 0 Å². The lowest BCUT2D eigenvalue weighted by molar-refractivity contribution is -0.400. The molecule has 4 aliphatic heterocycles. The molecule has 0 spiro atoms. The summed E-state index contributed by atoms with van der Waals surface area (Å²) >= 11 is 0. The first-order valence-electron chi connectivity index (χ1n) is 29.0. The fourth-order valence-corrected chi connectivity index (χ4v) is 10.1. The molecule has 4 heterocycles. The SMILES string of the molecule is CCCCCCCCCC(CCCCCCCC(C)=O)O[C@@H]1O[C@H](CO)[C@@H](O)[C@H](O)[C@H]1O[C@@H]1O[C@H](CO[C@@H]2O[C@H](C)[C@H](O)[C@H](O)[C@@H]2O)[C@@H](OCCCC)[C@H](OC(=O)CCC)[C@H]1O[C@@H]1O[C@@H](C)[C@H](O)[C@@H](OCCCC)[C@@H]1O. The maximum atomic E-state index is 13.8. The van der Waals surface area contributed by atoms with Gasteiger partial charge in [0.2, 0.25) is 0 Å². The Kier molecular flexibility index (Phi) is 31.7. The van der Waals surface area contributed by atoms with Crippen LogP contribution < -0.4 is 0 Å². The van der Waals surface area contributed by atoms with Gasteiger partial charge in [0.15, 0.2) is 37.4 Å². The summed E-state index contributed by atoms with van der Waals surface area (Å²) in [6.45, 7) is 11.8. The van der Waals surface area contributed by atoms with Crippen molar-refractivity contribution in [3.63, 3.8) is 0 Å². The Morgan fingerprint density at radius 2 is 1.01 bits per heavy atom. The summed E-state index contributed by atoms with van der Waals surface area (Å²) in [5.74, 6) is -0.497. The van der Waals surface area contributed by atoms with Crippen molar-refractivity contribution in [3.8, 4) is 0 Å². The minimum absolute atomic E-state index is 0.0316. The fraction of sp³-hybridized carbons (Fsp3) is 0.964. The maximum absolute atomic E-state index is 13.8. The summed E-state index contributed by atoms with van der Waals surface area (Å²) in [4.78, 5) is 25.3. The predicted molar refractivity (Wildman–Crippen MR) is 275 cm³/mol. The van der Waals surface area contributed by atoms with Crippen LogP contribution in [0, 0.1) is 0 Å². The molecule has 21 atom stereocenters. The highest BCUT2D eigenvalue weighted by Crippen LogP contribution is 2.38. The lowest BCUT2D eigenvalue weighted by Gasteiger charge is -2.50. The third-order valence-corrected chi connectivity index (χ3v) is 14.9. The average molecular weight is 1100 g/mol. The molecule has 0 amide bonds. The molecule has 21 nitrogen and oxygen atoms in total. The number of ether oxygens (including phenoxy) is 11. The fourth-order valence-electron chi connectivity index (χ4n) is 10.1. The average Bonchev–Trinajstić information content (AvgIpc) is 3.39. The van der Waals surface area contributed by atoms with E-state index < -0.39 is 148 Å². The van der Waals surface area contributed by atoms with E-state index in [1.54, 1.807) is 20.8 Å². The third kappa shape index (κ3) is 20.8. The van der Waals surface area contributed by atoms with Gasteiger partial charge in [-0.1, -0.05) is 111 Å².